The lowest BCUT2D eigenvalue weighted by Crippen LogP contribution is -2.47. The summed E-state index contributed by atoms with van der Waals surface area (Å²) in [6.07, 6.45) is 0. The summed E-state index contributed by atoms with van der Waals surface area (Å²) in [5.41, 5.74) is 0.940. The lowest BCUT2D eigenvalue weighted by molar-refractivity contribution is -0.134. The van der Waals surface area contributed by atoms with Gasteiger partial charge in [-0.05, 0) is 16.7 Å². The van der Waals surface area contributed by atoms with Gasteiger partial charge < -0.3 is 5.11 Å². The Kier molecular flexibility index (Phi) is 4.67. The maximum absolute atomic E-state index is 13.6. The van der Waals surface area contributed by atoms with Crippen molar-refractivity contribution in [2.75, 3.05) is 6.73 Å². The van der Waals surface area contributed by atoms with Gasteiger partial charge in [0.1, 0.15) is 6.73 Å². The van der Waals surface area contributed by atoms with Crippen molar-refractivity contribution in [2.45, 2.75) is 12.1 Å². The van der Waals surface area contributed by atoms with Crippen molar-refractivity contribution < 1.29 is 14.7 Å². The molecule has 1 heterocycles. The molecule has 4 rings (SSSR count). The van der Waals surface area contributed by atoms with Gasteiger partial charge in [-0.25, -0.2) is 9.69 Å². The molecule has 0 aliphatic carbocycles. The Labute approximate surface area is 163 Å². The van der Waals surface area contributed by atoms with Gasteiger partial charge in [0.05, 0.1) is 0 Å². The predicted molar refractivity (Wildman–Crippen MR) is 105 cm³/mol. The van der Waals surface area contributed by atoms with E-state index in [4.69, 9.17) is 0 Å². The van der Waals surface area contributed by atoms with E-state index in [-0.39, 0.29) is 6.54 Å². The molecule has 5 heteroatoms. The minimum Gasteiger partial charge on any atom is -0.376 e. The third-order valence-electron chi connectivity index (χ3n) is 5.13. The Balaban J connectivity index is 1.97. The fourth-order valence-electron chi connectivity index (χ4n) is 3.85. The first-order chi connectivity index (χ1) is 13.7. The summed E-state index contributed by atoms with van der Waals surface area (Å²) in [4.78, 5) is 29.2. The first-order valence-electron chi connectivity index (χ1n) is 9.09. The van der Waals surface area contributed by atoms with Crippen molar-refractivity contribution >= 4 is 11.9 Å². The SMILES string of the molecule is O=C1N(CO)C(=O)C(c2ccccc2)(c2ccccc2)N1Cc1ccccc1. The van der Waals surface area contributed by atoms with E-state index in [1.54, 1.807) is 4.90 Å². The van der Waals surface area contributed by atoms with E-state index in [0.717, 1.165) is 10.5 Å². The monoisotopic (exact) mass is 372 g/mol. The van der Waals surface area contributed by atoms with E-state index in [1.165, 1.54) is 0 Å². The maximum atomic E-state index is 13.6. The number of hydrogen-bond acceptors (Lipinski definition) is 3. The summed E-state index contributed by atoms with van der Waals surface area (Å²) >= 11 is 0. The number of aliphatic hydroxyl groups is 1. The fraction of sp³-hybridized carbons (Fsp3) is 0.130. The molecule has 1 saturated heterocycles. The predicted octanol–water partition coefficient (Wildman–Crippen LogP) is 3.34. The van der Waals surface area contributed by atoms with Crippen LogP contribution in [0.25, 0.3) is 0 Å². The number of nitrogens with zero attached hydrogens (tertiary/aromatic N) is 2. The van der Waals surface area contributed by atoms with Crippen LogP contribution in [-0.2, 0) is 16.9 Å². The van der Waals surface area contributed by atoms with Crippen molar-refractivity contribution in [3.05, 3.63) is 108 Å². The van der Waals surface area contributed by atoms with Crippen LogP contribution in [0.2, 0.25) is 0 Å². The van der Waals surface area contributed by atoms with Crippen molar-refractivity contribution in [2.24, 2.45) is 0 Å². The number of imide groups is 1. The van der Waals surface area contributed by atoms with Gasteiger partial charge in [-0.15, -0.1) is 0 Å². The lowest BCUT2D eigenvalue weighted by Gasteiger charge is -2.36. The lowest BCUT2D eigenvalue weighted by atomic mass is 9.81. The highest BCUT2D eigenvalue weighted by molar-refractivity contribution is 6.09. The van der Waals surface area contributed by atoms with Crippen LogP contribution in [0.5, 0.6) is 0 Å². The molecule has 0 saturated carbocycles. The third-order valence-corrected chi connectivity index (χ3v) is 5.13. The Morgan fingerprint density at radius 1 is 0.714 bits per heavy atom. The number of hydrogen-bond donors (Lipinski definition) is 1. The molecule has 140 valence electrons. The number of amides is 3. The van der Waals surface area contributed by atoms with Crippen LogP contribution in [-0.4, -0.2) is 33.6 Å². The molecular weight excluding hydrogens is 352 g/mol. The summed E-state index contributed by atoms with van der Waals surface area (Å²) < 4.78 is 0. The van der Waals surface area contributed by atoms with E-state index < -0.39 is 24.2 Å². The van der Waals surface area contributed by atoms with E-state index in [9.17, 15) is 14.7 Å². The molecule has 1 fully saturated rings. The average Bonchev–Trinajstić information content (AvgIpc) is 2.97. The highest BCUT2D eigenvalue weighted by Gasteiger charge is 2.59. The Morgan fingerprint density at radius 3 is 1.64 bits per heavy atom. The summed E-state index contributed by atoms with van der Waals surface area (Å²) in [5.74, 6) is -0.451. The molecule has 3 amide bonds. The minimum absolute atomic E-state index is 0.242. The normalized spacial score (nSPS) is 15.9. The van der Waals surface area contributed by atoms with E-state index in [0.29, 0.717) is 11.1 Å². The zero-order chi connectivity index (χ0) is 19.6. The van der Waals surface area contributed by atoms with Gasteiger partial charge in [-0.3, -0.25) is 9.69 Å². The first-order valence-corrected chi connectivity index (χ1v) is 9.09. The van der Waals surface area contributed by atoms with E-state index in [2.05, 4.69) is 0 Å². The van der Waals surface area contributed by atoms with Crippen molar-refractivity contribution in [3.8, 4) is 0 Å². The summed E-state index contributed by atoms with van der Waals surface area (Å²) in [6.45, 7) is -0.421. The molecule has 0 spiro atoms. The molecule has 0 aromatic heterocycles. The van der Waals surface area contributed by atoms with E-state index in [1.807, 2.05) is 91.0 Å². The second-order valence-corrected chi connectivity index (χ2v) is 6.67. The van der Waals surface area contributed by atoms with Crippen LogP contribution in [0.1, 0.15) is 16.7 Å². The zero-order valence-electron chi connectivity index (χ0n) is 15.2. The van der Waals surface area contributed by atoms with Crippen LogP contribution >= 0.6 is 0 Å². The maximum Gasteiger partial charge on any atom is 0.330 e. The largest absolute Gasteiger partial charge is 0.376 e. The smallest absolute Gasteiger partial charge is 0.330 e. The zero-order valence-corrected chi connectivity index (χ0v) is 15.2. The second kappa shape index (κ2) is 7.29. The highest BCUT2D eigenvalue weighted by Crippen LogP contribution is 2.43. The topological polar surface area (TPSA) is 60.9 Å². The molecule has 1 aliphatic heterocycles. The molecule has 0 atom stereocenters. The van der Waals surface area contributed by atoms with Gasteiger partial charge in [-0.2, -0.15) is 0 Å². The highest BCUT2D eigenvalue weighted by atomic mass is 16.3. The second-order valence-electron chi connectivity index (χ2n) is 6.67. The standard InChI is InChI=1S/C23H20N2O3/c26-17-24-21(27)23(19-12-6-2-7-13-19,20-14-8-3-9-15-20)25(22(24)28)16-18-10-4-1-5-11-18/h1-15,26H,16-17H2. The Morgan fingerprint density at radius 2 is 1.18 bits per heavy atom. The number of benzene rings is 3. The van der Waals surface area contributed by atoms with Crippen molar-refractivity contribution in [1.82, 2.24) is 9.80 Å². The average molecular weight is 372 g/mol. The minimum atomic E-state index is -1.34. The number of carbonyl (C=O) groups excluding carboxylic acids is 2. The molecule has 0 bridgehead atoms. The van der Waals surface area contributed by atoms with Crippen molar-refractivity contribution in [1.29, 1.82) is 0 Å². The van der Waals surface area contributed by atoms with Gasteiger partial charge in [0.25, 0.3) is 5.91 Å². The molecule has 0 radical (unpaired) electrons. The third kappa shape index (κ3) is 2.68. The molecule has 5 nitrogen and oxygen atoms in total. The van der Waals surface area contributed by atoms with Crippen LogP contribution in [0.4, 0.5) is 4.79 Å². The first kappa shape index (κ1) is 17.9. The van der Waals surface area contributed by atoms with Gasteiger partial charge >= 0.3 is 6.03 Å². The van der Waals surface area contributed by atoms with Crippen LogP contribution < -0.4 is 0 Å². The molecule has 1 aliphatic rings. The summed E-state index contributed by atoms with van der Waals surface area (Å²) in [7, 11) is 0. The van der Waals surface area contributed by atoms with Gasteiger partial charge in [-0.1, -0.05) is 91.0 Å². The Bertz CT molecular complexity index is 935. The van der Waals surface area contributed by atoms with Crippen LogP contribution in [0, 0.1) is 0 Å². The molecule has 0 unspecified atom stereocenters. The molecular formula is C23H20N2O3. The fourth-order valence-corrected chi connectivity index (χ4v) is 3.85. The number of rotatable bonds is 5. The van der Waals surface area contributed by atoms with Crippen molar-refractivity contribution in [3.63, 3.8) is 0 Å². The quantitative estimate of drug-likeness (QED) is 0.699. The number of carbonyl (C=O) groups is 2. The number of aliphatic hydroxyl groups excluding tert-OH is 1. The summed E-state index contributed by atoms with van der Waals surface area (Å²) in [6, 6.07) is 27.5. The molecule has 1 N–H and O–H groups in total. The molecule has 3 aromatic carbocycles. The van der Waals surface area contributed by atoms with Crippen LogP contribution in [0.15, 0.2) is 91.0 Å². The van der Waals surface area contributed by atoms with Gasteiger partial charge in [0, 0.05) is 6.54 Å². The molecule has 28 heavy (non-hydrogen) atoms. The number of urea groups is 1. The van der Waals surface area contributed by atoms with Crippen LogP contribution in [0.3, 0.4) is 0 Å². The van der Waals surface area contributed by atoms with Gasteiger partial charge in [0.15, 0.2) is 5.54 Å². The van der Waals surface area contributed by atoms with Gasteiger partial charge in [0.2, 0.25) is 0 Å². The van der Waals surface area contributed by atoms with E-state index >= 15 is 0 Å². The molecule has 3 aromatic rings. The summed E-state index contributed by atoms with van der Waals surface area (Å²) in [5, 5.41) is 9.77. The Hall–Kier alpha value is -3.44.